The fourth-order valence-corrected chi connectivity index (χ4v) is 20.4. The van der Waals surface area contributed by atoms with Crippen molar-refractivity contribution in [2.75, 3.05) is 0 Å². The molecule has 0 bridgehead atoms. The number of para-hydroxylation sites is 3. The molecule has 13 heteroatoms. The summed E-state index contributed by atoms with van der Waals surface area (Å²) in [7, 11) is 0. The second-order valence-corrected chi connectivity index (χ2v) is 32.7. The van der Waals surface area contributed by atoms with Gasteiger partial charge < -0.3 is 9.13 Å². The Bertz CT molecular complexity index is 7650. The molecule has 0 amide bonds. The van der Waals surface area contributed by atoms with Gasteiger partial charge in [-0.2, -0.15) is 0 Å². The summed E-state index contributed by atoms with van der Waals surface area (Å²) in [6.45, 7) is 0. The highest BCUT2D eigenvalue weighted by atomic mass is 32.1. The van der Waals surface area contributed by atoms with E-state index in [9.17, 15) is 0 Å². The predicted molar refractivity (Wildman–Crippen MR) is 502 cm³/mol. The van der Waals surface area contributed by atoms with Crippen LogP contribution in [0.1, 0.15) is 0 Å². The highest BCUT2D eigenvalue weighted by Crippen LogP contribution is 2.47. The average Bonchev–Trinajstić information content (AvgIpc) is 1.58. The SMILES string of the molecule is c1ccc(-c2cc3ccc4c(c5ccccc5n4-c4ccc(-c5nc(-c6ccncc6)nc(-c6ccc(-c7ccncc7)cc6)n5)cc4)c3s2)cc1.c1ccc(-c2cc3ccc4c(c5ccccc5n4-c4cccc(-c5ccccn5)c4)c3s2)cc1.c1ccc(-c2cccc(-n3c4ccccc4c4c5sc(-c6ccccc6)cc5ccc43)n2)cc1. The first-order valence-corrected chi connectivity index (χ1v) is 42.3. The molecule has 0 fully saturated rings. The van der Waals surface area contributed by atoms with Gasteiger partial charge in [0, 0.05) is 131 Å². The Morgan fingerprint density at radius 3 is 1.05 bits per heavy atom. The molecule has 24 aromatic rings. The van der Waals surface area contributed by atoms with Gasteiger partial charge in [-0.05, 0) is 184 Å². The third kappa shape index (κ3) is 13.1. The van der Waals surface area contributed by atoms with E-state index in [1.807, 2.05) is 82.7 Å². The molecule has 0 atom stereocenters. The van der Waals surface area contributed by atoms with Crippen molar-refractivity contribution in [3.8, 4) is 116 Å². The summed E-state index contributed by atoms with van der Waals surface area (Å²) < 4.78 is 11.0. The molecule has 0 saturated carbocycles. The summed E-state index contributed by atoms with van der Waals surface area (Å²) in [6.07, 6.45) is 8.97. The van der Waals surface area contributed by atoms with Gasteiger partial charge in [0.05, 0.1) is 44.5 Å². The fraction of sp³-hybridized carbons (Fsp3) is 0. The molecule has 564 valence electrons. The van der Waals surface area contributed by atoms with Crippen LogP contribution in [0.15, 0.2) is 413 Å². The van der Waals surface area contributed by atoms with Crippen LogP contribution in [-0.2, 0) is 0 Å². The summed E-state index contributed by atoms with van der Waals surface area (Å²) >= 11 is 5.61. The van der Waals surface area contributed by atoms with Crippen LogP contribution in [0.25, 0.3) is 212 Å². The number of benzene rings is 13. The van der Waals surface area contributed by atoms with Crippen LogP contribution >= 0.6 is 34.0 Å². The zero-order chi connectivity index (χ0) is 79.4. The van der Waals surface area contributed by atoms with Gasteiger partial charge in [-0.25, -0.2) is 19.9 Å². The summed E-state index contributed by atoms with van der Waals surface area (Å²) in [4.78, 5) is 36.7. The molecule has 0 radical (unpaired) electrons. The molecule has 11 heterocycles. The summed E-state index contributed by atoms with van der Waals surface area (Å²) in [5.74, 6) is 2.76. The Balaban J connectivity index is 0.000000112. The van der Waals surface area contributed by atoms with E-state index < -0.39 is 0 Å². The second-order valence-electron chi connectivity index (χ2n) is 29.5. The van der Waals surface area contributed by atoms with Crippen LogP contribution in [0.3, 0.4) is 0 Å². The quantitative estimate of drug-likeness (QED) is 0.120. The summed E-state index contributed by atoms with van der Waals surface area (Å²) in [5, 5.41) is 11.5. The summed E-state index contributed by atoms with van der Waals surface area (Å²) in [6, 6.07) is 135. The number of hydrogen-bond acceptors (Lipinski definition) is 10. The fourth-order valence-electron chi connectivity index (χ4n) is 16.7. The van der Waals surface area contributed by atoms with Gasteiger partial charge in [-0.1, -0.05) is 243 Å². The molecule has 0 aliphatic heterocycles. The number of hydrogen-bond donors (Lipinski definition) is 0. The Morgan fingerprint density at radius 2 is 0.575 bits per heavy atom. The average molecular weight is 1590 g/mol. The maximum atomic E-state index is 5.08. The Hall–Kier alpha value is -15.3. The van der Waals surface area contributed by atoms with Gasteiger partial charge in [-0.15, -0.1) is 34.0 Å². The lowest BCUT2D eigenvalue weighted by atomic mass is 10.0. The molecular weight excluding hydrogens is 1520 g/mol. The van der Waals surface area contributed by atoms with Gasteiger partial charge in [0.2, 0.25) is 0 Å². The molecule has 11 aromatic heterocycles. The van der Waals surface area contributed by atoms with Crippen molar-refractivity contribution in [1.82, 2.24) is 48.6 Å². The van der Waals surface area contributed by atoms with E-state index >= 15 is 0 Å². The predicted octanol–water partition coefficient (Wildman–Crippen LogP) is 28.8. The van der Waals surface area contributed by atoms with E-state index in [2.05, 4.69) is 368 Å². The minimum atomic E-state index is 0.599. The smallest absolute Gasteiger partial charge is 0.164 e. The van der Waals surface area contributed by atoms with Crippen LogP contribution < -0.4 is 0 Å². The lowest BCUT2D eigenvalue weighted by molar-refractivity contribution is 1.07. The molecule has 13 aromatic carbocycles. The highest BCUT2D eigenvalue weighted by molar-refractivity contribution is 7.24. The van der Waals surface area contributed by atoms with E-state index in [0.717, 1.165) is 67.5 Å². The van der Waals surface area contributed by atoms with Crippen molar-refractivity contribution in [3.05, 3.63) is 413 Å². The third-order valence-corrected chi connectivity index (χ3v) is 26.0. The minimum absolute atomic E-state index is 0.599. The lowest BCUT2D eigenvalue weighted by Crippen LogP contribution is -2.00. The maximum absolute atomic E-state index is 5.08. The molecule has 0 spiro atoms. The van der Waals surface area contributed by atoms with Crippen LogP contribution in [0.5, 0.6) is 0 Å². The second kappa shape index (κ2) is 30.7. The minimum Gasteiger partial charge on any atom is -0.309 e. The van der Waals surface area contributed by atoms with Gasteiger partial charge in [0.25, 0.3) is 0 Å². The Kier molecular flexibility index (Phi) is 18.3. The van der Waals surface area contributed by atoms with Crippen molar-refractivity contribution < 1.29 is 0 Å². The number of pyridine rings is 4. The van der Waals surface area contributed by atoms with E-state index in [4.69, 9.17) is 19.9 Å². The van der Waals surface area contributed by atoms with Gasteiger partial charge in [-0.3, -0.25) is 19.5 Å². The maximum Gasteiger partial charge on any atom is 0.164 e. The molecule has 0 aliphatic carbocycles. The first-order valence-electron chi connectivity index (χ1n) is 39.9. The third-order valence-electron chi connectivity index (χ3n) is 22.3. The van der Waals surface area contributed by atoms with Crippen LogP contribution in [0.4, 0.5) is 0 Å². The molecule has 10 nitrogen and oxygen atoms in total. The first kappa shape index (κ1) is 71.3. The zero-order valence-electron chi connectivity index (χ0n) is 64.5. The van der Waals surface area contributed by atoms with E-state index in [1.165, 1.54) is 127 Å². The molecule has 0 N–H and O–H groups in total. The van der Waals surface area contributed by atoms with Gasteiger partial charge >= 0.3 is 0 Å². The molecule has 0 saturated heterocycles. The Morgan fingerprint density at radius 1 is 0.208 bits per heavy atom. The van der Waals surface area contributed by atoms with Crippen molar-refractivity contribution in [2.45, 2.75) is 0 Å². The van der Waals surface area contributed by atoms with Crippen molar-refractivity contribution >= 4 is 130 Å². The van der Waals surface area contributed by atoms with Crippen LogP contribution in [-0.4, -0.2) is 48.6 Å². The van der Waals surface area contributed by atoms with Crippen LogP contribution in [0, 0.1) is 0 Å². The van der Waals surface area contributed by atoms with Crippen molar-refractivity contribution in [3.63, 3.8) is 0 Å². The van der Waals surface area contributed by atoms with E-state index in [-0.39, 0.29) is 0 Å². The number of thiophene rings is 3. The number of nitrogens with zero attached hydrogens (tertiary/aromatic N) is 10. The standard InChI is InChI=1S/C45H28N6S.2C31H20N2S/c1-2-6-31(7-3-1)40-28-35-16-19-39-41(42(35)52-40)37-8-4-5-9-38(37)51(39)36-17-14-33(15-18-36)44-48-43(49-45(50-44)34-22-26-47-27-23-34)32-12-10-29(11-13-32)30-20-24-46-25-21-30;1-3-10-21(11-4-1)25-15-9-17-29(32-25)33-26-16-8-7-14-24(26)30-27(33)19-18-23-20-28(34-31(23)30)22-12-5-2-6-13-22;1-2-9-21(10-3-1)29-20-23-16-17-28-30(31(23)34-29)25-13-4-5-15-27(25)33(28)24-12-8-11-22(19-24)26-14-6-7-18-32-26/h1-28H;2*1-20H. The molecule has 24 rings (SSSR count). The molecule has 120 heavy (non-hydrogen) atoms. The van der Waals surface area contributed by atoms with E-state index in [1.54, 1.807) is 24.8 Å². The largest absolute Gasteiger partial charge is 0.309 e. The molecule has 0 aliphatic rings. The first-order chi connectivity index (χ1) is 59.5. The Labute approximate surface area is 702 Å². The van der Waals surface area contributed by atoms with Crippen LogP contribution in [0.2, 0.25) is 0 Å². The monoisotopic (exact) mass is 1590 g/mol. The molecular formula is C107H68N10S3. The number of fused-ring (bicyclic) bond motifs is 15. The van der Waals surface area contributed by atoms with E-state index in [0.29, 0.717) is 17.5 Å². The van der Waals surface area contributed by atoms with Gasteiger partial charge in [0.15, 0.2) is 17.5 Å². The lowest BCUT2D eigenvalue weighted by Gasteiger charge is -2.11. The number of rotatable bonds is 12. The van der Waals surface area contributed by atoms with Crippen molar-refractivity contribution in [2.24, 2.45) is 0 Å². The number of aromatic nitrogens is 10. The van der Waals surface area contributed by atoms with Gasteiger partial charge in [0.1, 0.15) is 5.82 Å². The normalized spacial score (nSPS) is 11.5. The van der Waals surface area contributed by atoms with Crippen molar-refractivity contribution in [1.29, 1.82) is 0 Å². The summed E-state index contributed by atoms with van der Waals surface area (Å²) in [5.41, 5.74) is 22.3. The topological polar surface area (TPSA) is 105 Å². The zero-order valence-corrected chi connectivity index (χ0v) is 66.9. The molecule has 0 unspecified atom stereocenters. The highest BCUT2D eigenvalue weighted by Gasteiger charge is 2.23.